The Morgan fingerprint density at radius 1 is 1.29 bits per heavy atom. The van der Waals surface area contributed by atoms with Crippen molar-refractivity contribution in [3.05, 3.63) is 40.8 Å². The van der Waals surface area contributed by atoms with E-state index in [-0.39, 0.29) is 5.56 Å². The quantitative estimate of drug-likeness (QED) is 0.857. The summed E-state index contributed by atoms with van der Waals surface area (Å²) < 4.78 is 19.1. The molecule has 2 heterocycles. The normalized spacial score (nSPS) is 15.5. The van der Waals surface area contributed by atoms with E-state index in [0.29, 0.717) is 23.9 Å². The molecule has 1 aromatic heterocycles. The number of nitriles is 1. The summed E-state index contributed by atoms with van der Waals surface area (Å²) in [5.41, 5.74) is 1.63. The number of hydrogen-bond acceptors (Lipinski definition) is 6. The van der Waals surface area contributed by atoms with Crippen LogP contribution in [0.15, 0.2) is 16.7 Å². The first kappa shape index (κ1) is 16.4. The van der Waals surface area contributed by atoms with E-state index in [1.54, 1.807) is 0 Å². The SMILES string of the molecule is CCc1nc(CN2CCN(c3cc(C)cc(F)c3C#N)CC2)no1. The fourth-order valence-corrected chi connectivity index (χ4v) is 2.93. The Morgan fingerprint density at radius 2 is 2.04 bits per heavy atom. The molecule has 7 heteroatoms. The van der Waals surface area contributed by atoms with Gasteiger partial charge in [-0.1, -0.05) is 12.1 Å². The molecule has 1 saturated heterocycles. The molecule has 1 fully saturated rings. The lowest BCUT2D eigenvalue weighted by Gasteiger charge is -2.36. The number of hydrogen-bond donors (Lipinski definition) is 0. The monoisotopic (exact) mass is 329 g/mol. The van der Waals surface area contributed by atoms with E-state index < -0.39 is 5.82 Å². The summed E-state index contributed by atoms with van der Waals surface area (Å²) >= 11 is 0. The minimum absolute atomic E-state index is 0.125. The molecule has 1 aliphatic rings. The van der Waals surface area contributed by atoms with Crippen LogP contribution < -0.4 is 4.90 Å². The molecule has 126 valence electrons. The van der Waals surface area contributed by atoms with Crippen LogP contribution in [-0.2, 0) is 13.0 Å². The highest BCUT2D eigenvalue weighted by atomic mass is 19.1. The maximum Gasteiger partial charge on any atom is 0.226 e. The Labute approximate surface area is 140 Å². The van der Waals surface area contributed by atoms with E-state index in [2.05, 4.69) is 19.9 Å². The highest BCUT2D eigenvalue weighted by Crippen LogP contribution is 2.26. The average molecular weight is 329 g/mol. The molecule has 0 saturated carbocycles. The molecule has 1 aromatic carbocycles. The third kappa shape index (κ3) is 3.39. The van der Waals surface area contributed by atoms with Crippen molar-refractivity contribution in [2.45, 2.75) is 26.8 Å². The minimum atomic E-state index is -0.450. The standard InChI is InChI=1S/C17H20FN5O/c1-3-17-20-16(21-24-17)11-22-4-6-23(7-5-22)15-9-12(2)8-14(18)13(15)10-19/h8-9H,3-7,11H2,1-2H3. The van der Waals surface area contributed by atoms with Gasteiger partial charge in [0.25, 0.3) is 0 Å². The molecule has 0 radical (unpaired) electrons. The zero-order valence-electron chi connectivity index (χ0n) is 13.9. The summed E-state index contributed by atoms with van der Waals surface area (Å²) in [6.45, 7) is 7.53. The third-order valence-electron chi connectivity index (χ3n) is 4.22. The van der Waals surface area contributed by atoms with E-state index in [1.807, 2.05) is 26.0 Å². The van der Waals surface area contributed by atoms with Crippen molar-refractivity contribution in [2.75, 3.05) is 31.1 Å². The molecule has 0 N–H and O–H groups in total. The zero-order chi connectivity index (χ0) is 17.1. The first-order valence-electron chi connectivity index (χ1n) is 8.09. The molecule has 0 spiro atoms. The van der Waals surface area contributed by atoms with Crippen molar-refractivity contribution in [2.24, 2.45) is 0 Å². The number of anilines is 1. The summed E-state index contributed by atoms with van der Waals surface area (Å²) in [5, 5.41) is 13.2. The van der Waals surface area contributed by atoms with Gasteiger partial charge in [0.2, 0.25) is 5.89 Å². The van der Waals surface area contributed by atoms with E-state index >= 15 is 0 Å². The second-order valence-corrected chi connectivity index (χ2v) is 5.97. The van der Waals surface area contributed by atoms with E-state index in [4.69, 9.17) is 4.52 Å². The molecule has 0 aliphatic carbocycles. The lowest BCUT2D eigenvalue weighted by Crippen LogP contribution is -2.46. The first-order chi connectivity index (χ1) is 11.6. The van der Waals surface area contributed by atoms with Crippen molar-refractivity contribution in [3.63, 3.8) is 0 Å². The Hall–Kier alpha value is -2.46. The smallest absolute Gasteiger partial charge is 0.226 e. The van der Waals surface area contributed by atoms with Gasteiger partial charge >= 0.3 is 0 Å². The van der Waals surface area contributed by atoms with Crippen LogP contribution in [0, 0.1) is 24.1 Å². The lowest BCUT2D eigenvalue weighted by molar-refractivity contribution is 0.240. The Morgan fingerprint density at radius 3 is 2.67 bits per heavy atom. The highest BCUT2D eigenvalue weighted by Gasteiger charge is 2.22. The predicted molar refractivity (Wildman–Crippen MR) is 87.0 cm³/mol. The number of aryl methyl sites for hydroxylation is 2. The van der Waals surface area contributed by atoms with Crippen molar-refractivity contribution in [1.82, 2.24) is 15.0 Å². The number of piperazine rings is 1. The van der Waals surface area contributed by atoms with Gasteiger partial charge < -0.3 is 9.42 Å². The molecule has 0 amide bonds. The summed E-state index contributed by atoms with van der Waals surface area (Å²) in [7, 11) is 0. The summed E-state index contributed by atoms with van der Waals surface area (Å²) in [4.78, 5) is 8.63. The predicted octanol–water partition coefficient (Wildman–Crippen LogP) is 2.27. The zero-order valence-corrected chi connectivity index (χ0v) is 13.9. The molecule has 1 aliphatic heterocycles. The van der Waals surface area contributed by atoms with Gasteiger partial charge in [-0.05, 0) is 24.6 Å². The van der Waals surface area contributed by atoms with Crippen molar-refractivity contribution >= 4 is 5.69 Å². The molecule has 6 nitrogen and oxygen atoms in total. The van der Waals surface area contributed by atoms with Crippen molar-refractivity contribution in [1.29, 1.82) is 5.26 Å². The number of halogens is 1. The highest BCUT2D eigenvalue weighted by molar-refractivity contribution is 5.61. The summed E-state index contributed by atoms with van der Waals surface area (Å²) in [5.74, 6) is 0.894. The average Bonchev–Trinajstić information content (AvgIpc) is 3.02. The summed E-state index contributed by atoms with van der Waals surface area (Å²) in [6, 6.07) is 5.27. The van der Waals surface area contributed by atoms with Gasteiger partial charge in [-0.2, -0.15) is 10.2 Å². The van der Waals surface area contributed by atoms with Gasteiger partial charge in [-0.3, -0.25) is 4.90 Å². The van der Waals surface area contributed by atoms with Crippen LogP contribution in [0.3, 0.4) is 0 Å². The van der Waals surface area contributed by atoms with Gasteiger partial charge in [-0.25, -0.2) is 4.39 Å². The van der Waals surface area contributed by atoms with E-state index in [9.17, 15) is 9.65 Å². The maximum atomic E-state index is 14.0. The minimum Gasteiger partial charge on any atom is -0.368 e. The second-order valence-electron chi connectivity index (χ2n) is 5.97. The van der Waals surface area contributed by atoms with Gasteiger partial charge in [0.1, 0.15) is 17.4 Å². The number of aromatic nitrogens is 2. The second kappa shape index (κ2) is 6.97. The lowest BCUT2D eigenvalue weighted by atomic mass is 10.1. The van der Waals surface area contributed by atoms with E-state index in [0.717, 1.165) is 38.2 Å². The van der Waals surface area contributed by atoms with Crippen LogP contribution in [0.25, 0.3) is 0 Å². The van der Waals surface area contributed by atoms with Gasteiger partial charge in [-0.15, -0.1) is 0 Å². The van der Waals surface area contributed by atoms with Crippen LogP contribution in [0.5, 0.6) is 0 Å². The van der Waals surface area contributed by atoms with Gasteiger partial charge in [0.05, 0.1) is 12.2 Å². The number of rotatable bonds is 4. The van der Waals surface area contributed by atoms with Crippen LogP contribution in [0.1, 0.15) is 29.8 Å². The molecule has 0 bridgehead atoms. The fourth-order valence-electron chi connectivity index (χ4n) is 2.93. The van der Waals surface area contributed by atoms with Crippen LogP contribution in [0.4, 0.5) is 10.1 Å². The van der Waals surface area contributed by atoms with Gasteiger partial charge in [0, 0.05) is 32.6 Å². The molecular formula is C17H20FN5O. The third-order valence-corrected chi connectivity index (χ3v) is 4.22. The molecule has 3 rings (SSSR count). The fraction of sp³-hybridized carbons (Fsp3) is 0.471. The molecule has 0 atom stereocenters. The molecular weight excluding hydrogens is 309 g/mol. The summed E-state index contributed by atoms with van der Waals surface area (Å²) in [6.07, 6.45) is 0.733. The largest absolute Gasteiger partial charge is 0.368 e. The Kier molecular flexibility index (Phi) is 4.76. The maximum absolute atomic E-state index is 14.0. The van der Waals surface area contributed by atoms with Crippen molar-refractivity contribution in [3.8, 4) is 6.07 Å². The molecule has 0 unspecified atom stereocenters. The van der Waals surface area contributed by atoms with Crippen LogP contribution >= 0.6 is 0 Å². The number of benzene rings is 1. The van der Waals surface area contributed by atoms with Crippen molar-refractivity contribution < 1.29 is 8.91 Å². The van der Waals surface area contributed by atoms with E-state index in [1.165, 1.54) is 6.07 Å². The number of nitrogens with zero attached hydrogens (tertiary/aromatic N) is 5. The van der Waals surface area contributed by atoms with Crippen LogP contribution in [0.2, 0.25) is 0 Å². The van der Waals surface area contributed by atoms with Crippen LogP contribution in [-0.4, -0.2) is 41.2 Å². The van der Waals surface area contributed by atoms with Gasteiger partial charge in [0.15, 0.2) is 5.82 Å². The Bertz CT molecular complexity index is 759. The molecule has 24 heavy (non-hydrogen) atoms. The topological polar surface area (TPSA) is 69.2 Å². The molecule has 2 aromatic rings. The first-order valence-corrected chi connectivity index (χ1v) is 8.09. The Balaban J connectivity index is 1.66.